The molecular weight excluding hydrogens is 354 g/mol. The number of aromatic amines is 1. The summed E-state index contributed by atoms with van der Waals surface area (Å²) >= 11 is 0. The third-order valence-corrected chi connectivity index (χ3v) is 5.28. The number of hydrogen-bond donors (Lipinski definition) is 1. The van der Waals surface area contributed by atoms with Gasteiger partial charge in [-0.15, -0.1) is 0 Å². The van der Waals surface area contributed by atoms with Gasteiger partial charge in [-0.2, -0.15) is 0 Å². The third kappa shape index (κ3) is 3.06. The van der Waals surface area contributed by atoms with Gasteiger partial charge in [-0.3, -0.25) is 4.79 Å². The summed E-state index contributed by atoms with van der Waals surface area (Å²) in [5, 5.41) is 1.17. The number of nitrogens with one attached hydrogen (secondary N) is 1. The number of hydrogen-bond acceptors (Lipinski definition) is 4. The van der Waals surface area contributed by atoms with Gasteiger partial charge in [0.2, 0.25) is 0 Å². The van der Waals surface area contributed by atoms with E-state index in [0.717, 1.165) is 40.9 Å². The smallest absolute Gasteiger partial charge is 0.305 e. The van der Waals surface area contributed by atoms with Gasteiger partial charge >= 0.3 is 5.97 Å². The summed E-state index contributed by atoms with van der Waals surface area (Å²) in [7, 11) is 1.67. The van der Waals surface area contributed by atoms with Gasteiger partial charge in [0.25, 0.3) is 5.79 Å². The monoisotopic (exact) mass is 379 g/mol. The number of carbonyl (C=O) groups is 1. The SMILES string of the molecule is CCCC1(OC(C)=O)OCCc2c1[nH]c1cccc(-c3ccc(OC)cc3)c21. The summed E-state index contributed by atoms with van der Waals surface area (Å²) in [5.41, 5.74) is 5.33. The first-order chi connectivity index (χ1) is 13.6. The Morgan fingerprint density at radius 1 is 1.21 bits per heavy atom. The molecule has 2 heterocycles. The lowest BCUT2D eigenvalue weighted by atomic mass is 9.93. The van der Waals surface area contributed by atoms with Crippen LogP contribution in [0.25, 0.3) is 22.0 Å². The number of H-pyrrole nitrogens is 1. The average molecular weight is 379 g/mol. The zero-order chi connectivity index (χ0) is 19.7. The Morgan fingerprint density at radius 3 is 2.68 bits per heavy atom. The largest absolute Gasteiger partial charge is 0.497 e. The van der Waals surface area contributed by atoms with Gasteiger partial charge in [-0.05, 0) is 47.7 Å². The number of carbonyl (C=O) groups excluding carboxylic acids is 1. The highest BCUT2D eigenvalue weighted by molar-refractivity contribution is 5.99. The van der Waals surface area contributed by atoms with Crippen molar-refractivity contribution in [3.8, 4) is 16.9 Å². The Labute approximate surface area is 164 Å². The lowest BCUT2D eigenvalue weighted by Crippen LogP contribution is -2.39. The zero-order valence-corrected chi connectivity index (χ0v) is 16.5. The molecule has 1 aliphatic heterocycles. The van der Waals surface area contributed by atoms with Crippen molar-refractivity contribution in [2.24, 2.45) is 0 Å². The molecular formula is C23H25NO4. The molecule has 1 atom stereocenters. The molecule has 1 N–H and O–H groups in total. The molecule has 5 heteroatoms. The van der Waals surface area contributed by atoms with Gasteiger partial charge in [0.1, 0.15) is 5.75 Å². The summed E-state index contributed by atoms with van der Waals surface area (Å²) in [6.07, 6.45) is 2.23. The highest BCUT2D eigenvalue weighted by Gasteiger charge is 2.43. The van der Waals surface area contributed by atoms with Crippen LogP contribution in [0.3, 0.4) is 0 Å². The van der Waals surface area contributed by atoms with E-state index in [1.165, 1.54) is 17.9 Å². The van der Waals surface area contributed by atoms with Crippen LogP contribution in [0.1, 0.15) is 37.9 Å². The van der Waals surface area contributed by atoms with Crippen molar-refractivity contribution in [2.75, 3.05) is 13.7 Å². The van der Waals surface area contributed by atoms with Gasteiger partial charge in [0, 0.05) is 24.2 Å². The minimum absolute atomic E-state index is 0.338. The quantitative estimate of drug-likeness (QED) is 0.639. The van der Waals surface area contributed by atoms with Crippen molar-refractivity contribution in [2.45, 2.75) is 38.9 Å². The van der Waals surface area contributed by atoms with E-state index in [4.69, 9.17) is 14.2 Å². The Hall–Kier alpha value is -2.79. The fraction of sp³-hybridized carbons (Fsp3) is 0.348. The van der Waals surface area contributed by atoms with Gasteiger partial charge in [0.05, 0.1) is 19.4 Å². The van der Waals surface area contributed by atoms with Crippen LogP contribution in [0.2, 0.25) is 0 Å². The molecule has 0 amide bonds. The lowest BCUT2D eigenvalue weighted by Gasteiger charge is -2.36. The predicted octanol–water partition coefficient (Wildman–Crippen LogP) is 4.93. The Bertz CT molecular complexity index is 1010. The molecule has 0 aliphatic carbocycles. The summed E-state index contributed by atoms with van der Waals surface area (Å²) in [6.45, 7) is 4.01. The van der Waals surface area contributed by atoms with E-state index in [0.29, 0.717) is 13.0 Å². The average Bonchev–Trinajstić information content (AvgIpc) is 3.08. The van der Waals surface area contributed by atoms with Crippen molar-refractivity contribution in [1.29, 1.82) is 0 Å². The van der Waals surface area contributed by atoms with Crippen molar-refractivity contribution in [1.82, 2.24) is 4.98 Å². The minimum Gasteiger partial charge on any atom is -0.497 e. The van der Waals surface area contributed by atoms with Gasteiger partial charge in [-0.1, -0.05) is 31.2 Å². The summed E-state index contributed by atoms with van der Waals surface area (Å²) in [6, 6.07) is 14.3. The molecule has 0 bridgehead atoms. The van der Waals surface area contributed by atoms with E-state index in [-0.39, 0.29) is 5.97 Å². The molecule has 1 aliphatic rings. The van der Waals surface area contributed by atoms with Gasteiger partial charge in [0.15, 0.2) is 0 Å². The predicted molar refractivity (Wildman–Crippen MR) is 108 cm³/mol. The second-order valence-corrected chi connectivity index (χ2v) is 7.13. The third-order valence-electron chi connectivity index (χ3n) is 5.28. The van der Waals surface area contributed by atoms with Crippen LogP contribution in [0.5, 0.6) is 5.75 Å². The number of aromatic nitrogens is 1. The van der Waals surface area contributed by atoms with Crippen LogP contribution in [-0.4, -0.2) is 24.7 Å². The van der Waals surface area contributed by atoms with Crippen molar-refractivity contribution >= 4 is 16.9 Å². The molecule has 0 fully saturated rings. The van der Waals surface area contributed by atoms with Gasteiger partial charge in [-0.25, -0.2) is 0 Å². The molecule has 146 valence electrons. The van der Waals surface area contributed by atoms with Crippen LogP contribution in [-0.2, 0) is 26.5 Å². The topological polar surface area (TPSA) is 60.5 Å². The van der Waals surface area contributed by atoms with Crippen LogP contribution >= 0.6 is 0 Å². The van der Waals surface area contributed by atoms with E-state index in [1.807, 2.05) is 18.2 Å². The lowest BCUT2D eigenvalue weighted by molar-refractivity contribution is -0.247. The zero-order valence-electron chi connectivity index (χ0n) is 16.5. The van der Waals surface area contributed by atoms with E-state index < -0.39 is 5.79 Å². The van der Waals surface area contributed by atoms with Crippen LogP contribution in [0, 0.1) is 0 Å². The maximum Gasteiger partial charge on any atom is 0.305 e. The fourth-order valence-electron chi connectivity index (χ4n) is 4.18. The van der Waals surface area contributed by atoms with Gasteiger partial charge < -0.3 is 19.2 Å². The first-order valence-electron chi connectivity index (χ1n) is 9.70. The number of rotatable bonds is 5. The Balaban J connectivity index is 1.91. The molecule has 4 rings (SSSR count). The minimum atomic E-state index is -1.04. The van der Waals surface area contributed by atoms with Crippen molar-refractivity contribution in [3.63, 3.8) is 0 Å². The van der Waals surface area contributed by atoms with E-state index in [2.05, 4.69) is 36.2 Å². The normalized spacial score (nSPS) is 18.7. The summed E-state index contributed by atoms with van der Waals surface area (Å²) in [4.78, 5) is 15.3. The number of ether oxygens (including phenoxy) is 3. The second kappa shape index (κ2) is 7.32. The Kier molecular flexibility index (Phi) is 4.85. The maximum atomic E-state index is 11.8. The van der Waals surface area contributed by atoms with Crippen molar-refractivity contribution in [3.05, 3.63) is 53.7 Å². The molecule has 0 radical (unpaired) electrons. The standard InChI is InChI=1S/C23H25NO4/c1-4-13-23(28-15(2)25)22-19(12-14-27-23)21-18(6-5-7-20(21)24-22)16-8-10-17(26-3)11-9-16/h5-11,24H,4,12-14H2,1-3H3. The molecule has 28 heavy (non-hydrogen) atoms. The molecule has 1 aromatic heterocycles. The maximum absolute atomic E-state index is 11.8. The molecule has 0 saturated heterocycles. The van der Waals surface area contributed by atoms with Crippen LogP contribution < -0.4 is 4.74 Å². The van der Waals surface area contributed by atoms with Crippen LogP contribution in [0.15, 0.2) is 42.5 Å². The summed E-state index contributed by atoms with van der Waals surface area (Å²) < 4.78 is 17.1. The molecule has 0 saturated carbocycles. The molecule has 3 aromatic rings. The number of esters is 1. The highest BCUT2D eigenvalue weighted by Crippen LogP contribution is 2.43. The number of methoxy groups -OCH3 is 1. The molecule has 1 unspecified atom stereocenters. The first-order valence-corrected chi connectivity index (χ1v) is 9.70. The number of fused-ring (bicyclic) bond motifs is 3. The summed E-state index contributed by atoms with van der Waals surface area (Å²) in [5.74, 6) is -0.544. The molecule has 5 nitrogen and oxygen atoms in total. The first kappa shape index (κ1) is 18.6. The highest BCUT2D eigenvalue weighted by atomic mass is 16.7. The Morgan fingerprint density at radius 2 is 2.00 bits per heavy atom. The van der Waals surface area contributed by atoms with Crippen molar-refractivity contribution < 1.29 is 19.0 Å². The van der Waals surface area contributed by atoms with E-state index in [9.17, 15) is 4.79 Å². The second-order valence-electron chi connectivity index (χ2n) is 7.13. The molecule has 0 spiro atoms. The van der Waals surface area contributed by atoms with Crippen LogP contribution in [0.4, 0.5) is 0 Å². The molecule has 2 aromatic carbocycles. The number of benzene rings is 2. The fourth-order valence-corrected chi connectivity index (χ4v) is 4.18. The van der Waals surface area contributed by atoms with E-state index >= 15 is 0 Å². The van der Waals surface area contributed by atoms with E-state index in [1.54, 1.807) is 7.11 Å².